The summed E-state index contributed by atoms with van der Waals surface area (Å²) in [4.78, 5) is 18.1. The van der Waals surface area contributed by atoms with Crippen LogP contribution in [0.4, 0.5) is 10.5 Å². The second kappa shape index (κ2) is 6.70. The van der Waals surface area contributed by atoms with Crippen molar-refractivity contribution < 1.29 is 9.53 Å². The van der Waals surface area contributed by atoms with Crippen molar-refractivity contribution >= 4 is 11.8 Å². The molecule has 1 amide bonds. The second-order valence-corrected chi connectivity index (χ2v) is 6.20. The summed E-state index contributed by atoms with van der Waals surface area (Å²) >= 11 is 0. The van der Waals surface area contributed by atoms with Crippen LogP contribution in [0.3, 0.4) is 0 Å². The Labute approximate surface area is 121 Å². The summed E-state index contributed by atoms with van der Waals surface area (Å²) in [6, 6.07) is 3.68. The molecule has 0 fully saturated rings. The Morgan fingerprint density at radius 1 is 1.40 bits per heavy atom. The van der Waals surface area contributed by atoms with E-state index in [-0.39, 0.29) is 6.09 Å². The number of nitrogens with zero attached hydrogens (tertiary/aromatic N) is 2. The number of hydrogen-bond acceptors (Lipinski definition) is 4. The molecule has 0 aliphatic rings. The minimum Gasteiger partial charge on any atom is -0.443 e. The highest BCUT2D eigenvalue weighted by Crippen LogP contribution is 2.19. The number of hydrogen-bond donors (Lipinski definition) is 1. The van der Waals surface area contributed by atoms with Gasteiger partial charge < -0.3 is 10.5 Å². The van der Waals surface area contributed by atoms with E-state index in [0.717, 1.165) is 11.4 Å². The van der Waals surface area contributed by atoms with E-state index < -0.39 is 5.60 Å². The molecule has 0 aliphatic heterocycles. The SMILES string of the molecule is CC(C)CN(C(=O)OC(C)(C)C)c1ccc(CN)nc1. The van der Waals surface area contributed by atoms with E-state index in [2.05, 4.69) is 18.8 Å². The maximum atomic E-state index is 12.3. The third-order valence-electron chi connectivity index (χ3n) is 2.49. The molecule has 5 heteroatoms. The van der Waals surface area contributed by atoms with Gasteiger partial charge in [-0.1, -0.05) is 13.8 Å². The maximum absolute atomic E-state index is 12.3. The van der Waals surface area contributed by atoms with Gasteiger partial charge >= 0.3 is 6.09 Å². The second-order valence-electron chi connectivity index (χ2n) is 6.20. The summed E-state index contributed by atoms with van der Waals surface area (Å²) in [6.45, 7) is 10.6. The zero-order chi connectivity index (χ0) is 15.3. The molecule has 0 aliphatic carbocycles. The minimum absolute atomic E-state index is 0.330. The Hall–Kier alpha value is -1.62. The molecule has 2 N–H and O–H groups in total. The Morgan fingerprint density at radius 2 is 2.05 bits per heavy atom. The molecule has 20 heavy (non-hydrogen) atoms. The number of nitrogens with two attached hydrogens (primary N) is 1. The number of rotatable bonds is 4. The highest BCUT2D eigenvalue weighted by molar-refractivity contribution is 5.87. The molecule has 0 saturated carbocycles. The molecule has 1 rings (SSSR count). The molecule has 1 heterocycles. The van der Waals surface area contributed by atoms with Gasteiger partial charge in [0, 0.05) is 13.1 Å². The van der Waals surface area contributed by atoms with Gasteiger partial charge in [-0.25, -0.2) is 4.79 Å². The van der Waals surface area contributed by atoms with Crippen molar-refractivity contribution in [3.8, 4) is 0 Å². The van der Waals surface area contributed by atoms with Crippen molar-refractivity contribution in [3.63, 3.8) is 0 Å². The fourth-order valence-electron chi connectivity index (χ4n) is 1.66. The molecule has 0 aromatic carbocycles. The molecule has 0 spiro atoms. The third-order valence-corrected chi connectivity index (χ3v) is 2.49. The van der Waals surface area contributed by atoms with Gasteiger partial charge in [-0.15, -0.1) is 0 Å². The predicted octanol–water partition coefficient (Wildman–Crippen LogP) is 2.94. The first kappa shape index (κ1) is 16.4. The molecule has 0 radical (unpaired) electrons. The molecule has 0 unspecified atom stereocenters. The zero-order valence-corrected chi connectivity index (χ0v) is 13.0. The number of pyridine rings is 1. The van der Waals surface area contributed by atoms with E-state index in [9.17, 15) is 4.79 Å². The summed E-state index contributed by atoms with van der Waals surface area (Å²) in [5, 5.41) is 0. The standard InChI is InChI=1S/C15H25N3O2/c1-11(2)10-18(14(19)20-15(3,4)5)13-7-6-12(8-16)17-9-13/h6-7,9,11H,8,10,16H2,1-5H3. The van der Waals surface area contributed by atoms with E-state index in [4.69, 9.17) is 10.5 Å². The monoisotopic (exact) mass is 279 g/mol. The first-order chi connectivity index (χ1) is 9.23. The largest absolute Gasteiger partial charge is 0.443 e. The number of anilines is 1. The van der Waals surface area contributed by atoms with Crippen molar-refractivity contribution in [1.29, 1.82) is 0 Å². The molecule has 1 aromatic rings. The molecule has 5 nitrogen and oxygen atoms in total. The number of ether oxygens (including phenoxy) is 1. The normalized spacial score (nSPS) is 11.6. The van der Waals surface area contributed by atoms with E-state index in [1.54, 1.807) is 11.1 Å². The van der Waals surface area contributed by atoms with E-state index in [0.29, 0.717) is 19.0 Å². The van der Waals surface area contributed by atoms with Gasteiger partial charge in [0.25, 0.3) is 0 Å². The fourth-order valence-corrected chi connectivity index (χ4v) is 1.66. The lowest BCUT2D eigenvalue weighted by molar-refractivity contribution is 0.0576. The Kier molecular flexibility index (Phi) is 5.51. The summed E-state index contributed by atoms with van der Waals surface area (Å²) < 4.78 is 5.45. The number of carbonyl (C=O) groups is 1. The summed E-state index contributed by atoms with van der Waals surface area (Å²) in [5.74, 6) is 0.330. The van der Waals surface area contributed by atoms with Gasteiger partial charge in [0.05, 0.1) is 17.6 Å². The summed E-state index contributed by atoms with van der Waals surface area (Å²) in [7, 11) is 0. The molecule has 112 valence electrons. The minimum atomic E-state index is -0.517. The van der Waals surface area contributed by atoms with Crippen molar-refractivity contribution in [1.82, 2.24) is 4.98 Å². The average Bonchev–Trinajstić information content (AvgIpc) is 2.34. The Bertz CT molecular complexity index is 435. The average molecular weight is 279 g/mol. The number of carbonyl (C=O) groups excluding carboxylic acids is 1. The van der Waals surface area contributed by atoms with Gasteiger partial charge in [0.15, 0.2) is 0 Å². The highest BCUT2D eigenvalue weighted by atomic mass is 16.6. The lowest BCUT2D eigenvalue weighted by Crippen LogP contribution is -2.39. The molecular formula is C15H25N3O2. The van der Waals surface area contributed by atoms with Crippen molar-refractivity contribution in [2.45, 2.75) is 46.8 Å². The van der Waals surface area contributed by atoms with Crippen molar-refractivity contribution in [3.05, 3.63) is 24.0 Å². The van der Waals surface area contributed by atoms with Crippen LogP contribution in [0.5, 0.6) is 0 Å². The van der Waals surface area contributed by atoms with Crippen molar-refractivity contribution in [2.75, 3.05) is 11.4 Å². The van der Waals surface area contributed by atoms with Crippen LogP contribution in [0.15, 0.2) is 18.3 Å². The summed E-state index contributed by atoms with van der Waals surface area (Å²) in [6.07, 6.45) is 1.31. The molecular weight excluding hydrogens is 254 g/mol. The van der Waals surface area contributed by atoms with Crippen molar-refractivity contribution in [2.24, 2.45) is 11.7 Å². The fraction of sp³-hybridized carbons (Fsp3) is 0.600. The lowest BCUT2D eigenvalue weighted by Gasteiger charge is -2.28. The Balaban J connectivity index is 2.95. The van der Waals surface area contributed by atoms with E-state index in [1.165, 1.54) is 0 Å². The predicted molar refractivity (Wildman–Crippen MR) is 80.5 cm³/mol. The van der Waals surface area contributed by atoms with Crippen LogP contribution in [0.1, 0.15) is 40.3 Å². The molecule has 0 saturated heterocycles. The van der Waals surface area contributed by atoms with Crippen LogP contribution in [0.25, 0.3) is 0 Å². The van der Waals surface area contributed by atoms with Crippen LogP contribution in [0.2, 0.25) is 0 Å². The van der Waals surface area contributed by atoms with E-state index in [1.807, 2.05) is 32.9 Å². The van der Waals surface area contributed by atoms with Gasteiger partial charge in [-0.05, 0) is 38.8 Å². The van der Waals surface area contributed by atoms with Crippen LogP contribution >= 0.6 is 0 Å². The Morgan fingerprint density at radius 3 is 2.45 bits per heavy atom. The third kappa shape index (κ3) is 5.17. The topological polar surface area (TPSA) is 68.5 Å². The number of aromatic nitrogens is 1. The quantitative estimate of drug-likeness (QED) is 0.920. The molecule has 1 aromatic heterocycles. The van der Waals surface area contributed by atoms with Gasteiger partial charge in [-0.3, -0.25) is 9.88 Å². The van der Waals surface area contributed by atoms with E-state index >= 15 is 0 Å². The van der Waals surface area contributed by atoms with Gasteiger partial charge in [-0.2, -0.15) is 0 Å². The number of amides is 1. The van der Waals surface area contributed by atoms with Crippen LogP contribution in [0, 0.1) is 5.92 Å². The first-order valence-electron chi connectivity index (χ1n) is 6.88. The first-order valence-corrected chi connectivity index (χ1v) is 6.88. The molecule has 0 atom stereocenters. The van der Waals surface area contributed by atoms with Crippen LogP contribution in [-0.4, -0.2) is 23.2 Å². The van der Waals surface area contributed by atoms with Gasteiger partial charge in [0.2, 0.25) is 0 Å². The van der Waals surface area contributed by atoms with Crippen LogP contribution in [-0.2, 0) is 11.3 Å². The lowest BCUT2D eigenvalue weighted by atomic mass is 10.2. The summed E-state index contributed by atoms with van der Waals surface area (Å²) in [5.41, 5.74) is 6.54. The zero-order valence-electron chi connectivity index (χ0n) is 13.0. The van der Waals surface area contributed by atoms with Gasteiger partial charge in [0.1, 0.15) is 5.60 Å². The van der Waals surface area contributed by atoms with Crippen LogP contribution < -0.4 is 10.6 Å². The maximum Gasteiger partial charge on any atom is 0.414 e. The molecule has 0 bridgehead atoms. The highest BCUT2D eigenvalue weighted by Gasteiger charge is 2.24. The smallest absolute Gasteiger partial charge is 0.414 e.